The molecule has 2 atom stereocenters. The molecule has 1 fully saturated rings. The van der Waals surface area contributed by atoms with Gasteiger partial charge in [0.05, 0.1) is 6.04 Å². The maximum Gasteiger partial charge on any atom is 0.270 e. The van der Waals surface area contributed by atoms with Crippen LogP contribution in [-0.2, 0) is 14.4 Å². The molecule has 1 N–H and O–H groups in total. The van der Waals surface area contributed by atoms with Crippen LogP contribution < -0.4 is 5.32 Å². The lowest BCUT2D eigenvalue weighted by molar-refractivity contribution is -0.140. The average molecular weight is 333 g/mol. The highest BCUT2D eigenvalue weighted by molar-refractivity contribution is 6.43. The second kappa shape index (κ2) is 8.57. The number of rotatable bonds is 6. The molecule has 0 spiro atoms. The predicted molar refractivity (Wildman–Crippen MR) is 94.6 cm³/mol. The first-order valence-corrected chi connectivity index (χ1v) is 8.14. The molecule has 0 radical (unpaired) electrons. The van der Waals surface area contributed by atoms with Gasteiger partial charge in [-0.15, -0.1) is 0 Å². The van der Waals surface area contributed by atoms with Gasteiger partial charge in [-0.05, 0) is 31.3 Å². The van der Waals surface area contributed by atoms with Crippen LogP contribution in [0.4, 0.5) is 0 Å². The van der Waals surface area contributed by atoms with Crippen molar-refractivity contribution in [3.63, 3.8) is 0 Å². The molecule has 1 saturated heterocycles. The van der Waals surface area contributed by atoms with Gasteiger partial charge in [-0.25, -0.2) is 0 Å². The van der Waals surface area contributed by atoms with E-state index in [1.54, 1.807) is 24.0 Å². The second-order valence-corrected chi connectivity index (χ2v) is 6.85. The third-order valence-electron chi connectivity index (χ3n) is 3.92. The number of amides is 2. The van der Waals surface area contributed by atoms with Crippen LogP contribution in [0.2, 0.25) is 0 Å². The first kappa shape index (κ1) is 19.8. The number of carbonyl (C=O) groups excluding carboxylic acids is 3. The predicted octanol–water partition coefficient (Wildman–Crippen LogP) is 1.87. The minimum atomic E-state index is -0.745. The molecule has 0 aromatic rings. The van der Waals surface area contributed by atoms with Crippen molar-refractivity contribution in [1.29, 1.82) is 0 Å². The van der Waals surface area contributed by atoms with Crippen LogP contribution >= 0.6 is 0 Å². The number of likely N-dealkylation sites (tertiary alicyclic amines) is 1. The number of hydrogen-bond acceptors (Lipinski definition) is 4. The van der Waals surface area contributed by atoms with Gasteiger partial charge in [-0.3, -0.25) is 14.6 Å². The zero-order valence-electron chi connectivity index (χ0n) is 14.9. The molecular weight excluding hydrogens is 306 g/mol. The maximum absolute atomic E-state index is 12.9. The summed E-state index contributed by atoms with van der Waals surface area (Å²) in [7, 11) is 0. The van der Waals surface area contributed by atoms with E-state index in [4.69, 9.17) is 0 Å². The van der Waals surface area contributed by atoms with Gasteiger partial charge < -0.3 is 15.0 Å². The summed E-state index contributed by atoms with van der Waals surface area (Å²) < 4.78 is 0. The van der Waals surface area contributed by atoms with Gasteiger partial charge in [0.1, 0.15) is 18.0 Å². The zero-order valence-corrected chi connectivity index (χ0v) is 14.9. The number of allylic oxidation sites excluding steroid dienone is 1. The largest absolute Gasteiger partial charge is 0.338 e. The molecule has 0 saturated carbocycles. The maximum atomic E-state index is 12.9. The van der Waals surface area contributed by atoms with E-state index in [0.717, 1.165) is 12.7 Å². The van der Waals surface area contributed by atoms with Crippen molar-refractivity contribution < 1.29 is 14.4 Å². The van der Waals surface area contributed by atoms with Crippen molar-refractivity contribution in [3.8, 4) is 0 Å². The first-order chi connectivity index (χ1) is 11.3. The van der Waals surface area contributed by atoms with Crippen LogP contribution in [0.25, 0.3) is 0 Å². The molecule has 6 heteroatoms. The van der Waals surface area contributed by atoms with Gasteiger partial charge in [-0.2, -0.15) is 0 Å². The molecule has 6 nitrogen and oxygen atoms in total. The molecule has 2 unspecified atom stereocenters. The third kappa shape index (κ3) is 4.88. The molecule has 1 aliphatic heterocycles. The fourth-order valence-corrected chi connectivity index (χ4v) is 2.66. The Bertz CT molecular complexity index is 558. The smallest absolute Gasteiger partial charge is 0.270 e. The van der Waals surface area contributed by atoms with E-state index in [1.165, 1.54) is 6.20 Å². The zero-order chi connectivity index (χ0) is 18.3. The Hall–Kier alpha value is -2.24. The summed E-state index contributed by atoms with van der Waals surface area (Å²) in [6, 6.07) is -1.15. The normalized spacial score (nSPS) is 20.1. The lowest BCUT2D eigenvalue weighted by Crippen LogP contribution is -2.56. The molecular formula is C18H27N3O3. The SMILES string of the molecule is C=CN=C(/C=C\C)C(=O)NC(C(=O)N1CCCC1C=O)C(C)(C)C. The number of aliphatic imine (C=N–C) groups is 1. The molecule has 0 aromatic heterocycles. The summed E-state index contributed by atoms with van der Waals surface area (Å²) in [5, 5.41) is 2.77. The topological polar surface area (TPSA) is 78.8 Å². The Morgan fingerprint density at radius 3 is 2.54 bits per heavy atom. The number of carbonyl (C=O) groups is 3. The van der Waals surface area contributed by atoms with Crippen molar-refractivity contribution >= 4 is 23.8 Å². The Balaban J connectivity index is 3.04. The highest BCUT2D eigenvalue weighted by Crippen LogP contribution is 2.25. The minimum Gasteiger partial charge on any atom is -0.338 e. The first-order valence-electron chi connectivity index (χ1n) is 8.14. The fraction of sp³-hybridized carbons (Fsp3) is 0.556. The Morgan fingerprint density at radius 1 is 1.38 bits per heavy atom. The monoisotopic (exact) mass is 333 g/mol. The van der Waals surface area contributed by atoms with Gasteiger partial charge >= 0.3 is 0 Å². The van der Waals surface area contributed by atoms with E-state index in [2.05, 4.69) is 16.9 Å². The van der Waals surface area contributed by atoms with Gasteiger partial charge in [0.2, 0.25) is 5.91 Å². The lowest BCUT2D eigenvalue weighted by atomic mass is 9.85. The average Bonchev–Trinajstić information content (AvgIpc) is 2.99. The van der Waals surface area contributed by atoms with Crippen LogP contribution in [0, 0.1) is 5.41 Å². The van der Waals surface area contributed by atoms with Crippen LogP contribution in [-0.4, -0.2) is 47.3 Å². The summed E-state index contributed by atoms with van der Waals surface area (Å²) >= 11 is 0. The van der Waals surface area contributed by atoms with Crippen LogP contribution in [0.3, 0.4) is 0 Å². The van der Waals surface area contributed by atoms with Crippen LogP contribution in [0.1, 0.15) is 40.5 Å². The highest BCUT2D eigenvalue weighted by Gasteiger charge is 2.39. The molecule has 1 heterocycles. The Kier molecular flexibility index (Phi) is 7.07. The third-order valence-corrected chi connectivity index (χ3v) is 3.92. The van der Waals surface area contributed by atoms with E-state index >= 15 is 0 Å². The molecule has 24 heavy (non-hydrogen) atoms. The molecule has 1 rings (SSSR count). The fourth-order valence-electron chi connectivity index (χ4n) is 2.66. The van der Waals surface area contributed by atoms with Crippen molar-refractivity contribution in [3.05, 3.63) is 24.9 Å². The van der Waals surface area contributed by atoms with E-state index < -0.39 is 23.4 Å². The van der Waals surface area contributed by atoms with Gasteiger partial charge in [0, 0.05) is 12.7 Å². The van der Waals surface area contributed by atoms with Crippen molar-refractivity contribution in [1.82, 2.24) is 10.2 Å². The Morgan fingerprint density at radius 2 is 2.04 bits per heavy atom. The van der Waals surface area contributed by atoms with E-state index in [-0.39, 0.29) is 11.6 Å². The van der Waals surface area contributed by atoms with Crippen molar-refractivity contribution in [2.24, 2.45) is 10.4 Å². The standard InChI is InChI=1S/C18H27N3O3/c1-6-9-14(19-7-2)16(23)20-15(18(3,4)5)17(24)21-11-8-10-13(21)12-22/h6-7,9,12-13,15H,2,8,10-11H2,1,3-5H3,(H,20,23)/b9-6-,19-14?. The second-order valence-electron chi connectivity index (χ2n) is 6.85. The van der Waals surface area contributed by atoms with Gasteiger partial charge in [0.25, 0.3) is 5.91 Å². The minimum absolute atomic E-state index is 0.183. The number of hydrogen-bond donors (Lipinski definition) is 1. The summed E-state index contributed by atoms with van der Waals surface area (Å²) in [4.78, 5) is 42.0. The van der Waals surface area contributed by atoms with Crippen LogP contribution in [0.5, 0.6) is 0 Å². The molecule has 0 aliphatic carbocycles. The van der Waals surface area contributed by atoms with Gasteiger partial charge in [0.15, 0.2) is 0 Å². The number of nitrogens with one attached hydrogen (secondary N) is 1. The van der Waals surface area contributed by atoms with Crippen molar-refractivity contribution in [2.75, 3.05) is 6.54 Å². The molecule has 0 bridgehead atoms. The lowest BCUT2D eigenvalue weighted by Gasteiger charge is -2.34. The summed E-state index contributed by atoms with van der Waals surface area (Å²) in [6.45, 7) is 11.4. The molecule has 1 aliphatic rings. The van der Waals surface area contributed by atoms with Gasteiger partial charge in [-0.1, -0.05) is 33.4 Å². The number of aldehydes is 1. The molecule has 0 aromatic carbocycles. The summed E-state index contributed by atoms with van der Waals surface area (Å²) in [5.74, 6) is -0.674. The van der Waals surface area contributed by atoms with Crippen molar-refractivity contribution in [2.45, 2.75) is 52.6 Å². The molecule has 2 amide bonds. The Labute approximate surface area is 143 Å². The number of nitrogens with zero attached hydrogens (tertiary/aromatic N) is 2. The van der Waals surface area contributed by atoms with E-state index in [0.29, 0.717) is 13.0 Å². The summed E-state index contributed by atoms with van der Waals surface area (Å²) in [5.41, 5.74) is -0.319. The van der Waals surface area contributed by atoms with E-state index in [1.807, 2.05) is 20.8 Å². The highest BCUT2D eigenvalue weighted by atomic mass is 16.2. The molecule has 132 valence electrons. The van der Waals surface area contributed by atoms with E-state index in [9.17, 15) is 14.4 Å². The van der Waals surface area contributed by atoms with Crippen LogP contribution in [0.15, 0.2) is 29.9 Å². The quantitative estimate of drug-likeness (QED) is 0.595. The summed E-state index contributed by atoms with van der Waals surface area (Å²) in [6.07, 6.45) is 6.80.